The number of anilines is 2. The summed E-state index contributed by atoms with van der Waals surface area (Å²) < 4.78 is 27.2. The molecule has 0 saturated carbocycles. The third-order valence-corrected chi connectivity index (χ3v) is 6.58. The van der Waals surface area contributed by atoms with E-state index in [9.17, 15) is 13.2 Å². The van der Waals surface area contributed by atoms with Gasteiger partial charge in [0.25, 0.3) is 15.9 Å². The Kier molecular flexibility index (Phi) is 5.39. The van der Waals surface area contributed by atoms with Crippen LogP contribution in [0.4, 0.5) is 11.4 Å². The highest BCUT2D eigenvalue weighted by molar-refractivity contribution is 7.94. The third-order valence-electron chi connectivity index (χ3n) is 3.81. The minimum Gasteiger partial charge on any atom is -0.322 e. The van der Waals surface area contributed by atoms with Crippen molar-refractivity contribution in [2.24, 2.45) is 0 Å². The van der Waals surface area contributed by atoms with Crippen molar-refractivity contribution in [1.82, 2.24) is 0 Å². The maximum Gasteiger partial charge on any atom is 0.271 e. The number of benzene rings is 2. The van der Waals surface area contributed by atoms with Gasteiger partial charge in [0.2, 0.25) is 0 Å². The van der Waals surface area contributed by atoms with Crippen LogP contribution in [0.1, 0.15) is 22.8 Å². The summed E-state index contributed by atoms with van der Waals surface area (Å²) in [4.78, 5) is 12.4. The number of amides is 1. The highest BCUT2D eigenvalue weighted by atomic mass is 32.2. The van der Waals surface area contributed by atoms with Gasteiger partial charge in [-0.3, -0.25) is 9.52 Å². The Balaban J connectivity index is 1.72. The second-order valence-electron chi connectivity index (χ2n) is 5.58. The molecule has 0 fully saturated rings. The molecule has 1 heterocycles. The van der Waals surface area contributed by atoms with E-state index in [1.165, 1.54) is 0 Å². The number of carbonyl (C=O) groups excluding carboxylic acids is 1. The molecule has 134 valence electrons. The fourth-order valence-electron chi connectivity index (χ4n) is 2.46. The maximum absolute atomic E-state index is 12.4. The van der Waals surface area contributed by atoms with E-state index >= 15 is 0 Å². The topological polar surface area (TPSA) is 75.3 Å². The van der Waals surface area contributed by atoms with Crippen LogP contribution in [0, 0.1) is 0 Å². The van der Waals surface area contributed by atoms with Crippen LogP contribution in [0.3, 0.4) is 0 Å². The molecule has 5 nitrogen and oxygen atoms in total. The lowest BCUT2D eigenvalue weighted by atomic mass is 10.1. The second kappa shape index (κ2) is 7.72. The SMILES string of the molecule is CCc1ccccc1NC(=O)c1ccc(NS(=O)(=O)c2cccs2)cc1. The predicted octanol–water partition coefficient (Wildman–Crippen LogP) is 4.36. The van der Waals surface area contributed by atoms with Gasteiger partial charge in [-0.15, -0.1) is 11.3 Å². The zero-order chi connectivity index (χ0) is 18.6. The molecule has 0 atom stereocenters. The molecule has 7 heteroatoms. The van der Waals surface area contributed by atoms with Crippen molar-refractivity contribution < 1.29 is 13.2 Å². The van der Waals surface area contributed by atoms with E-state index in [0.717, 1.165) is 29.0 Å². The summed E-state index contributed by atoms with van der Waals surface area (Å²) in [6.07, 6.45) is 0.819. The number of carbonyl (C=O) groups is 1. The maximum atomic E-state index is 12.4. The van der Waals surface area contributed by atoms with E-state index in [1.54, 1.807) is 41.8 Å². The first kappa shape index (κ1) is 18.2. The zero-order valence-corrected chi connectivity index (χ0v) is 15.7. The van der Waals surface area contributed by atoms with Gasteiger partial charge in [-0.25, -0.2) is 8.42 Å². The molecule has 0 bridgehead atoms. The number of hydrogen-bond acceptors (Lipinski definition) is 4. The predicted molar refractivity (Wildman–Crippen MR) is 105 cm³/mol. The molecule has 1 aromatic heterocycles. The van der Waals surface area contributed by atoms with Crippen LogP contribution < -0.4 is 10.0 Å². The van der Waals surface area contributed by atoms with E-state index in [1.807, 2.05) is 31.2 Å². The van der Waals surface area contributed by atoms with Gasteiger partial charge in [-0.1, -0.05) is 31.2 Å². The standard InChI is InChI=1S/C19H18N2O3S2/c1-2-14-6-3-4-7-17(14)20-19(22)15-9-11-16(12-10-15)21-26(23,24)18-8-5-13-25-18/h3-13,21H,2H2,1H3,(H,20,22). The Morgan fingerprint density at radius 3 is 2.38 bits per heavy atom. The molecule has 0 unspecified atom stereocenters. The van der Waals surface area contributed by atoms with Gasteiger partial charge in [0.05, 0.1) is 0 Å². The highest BCUT2D eigenvalue weighted by Gasteiger charge is 2.15. The monoisotopic (exact) mass is 386 g/mol. The summed E-state index contributed by atoms with van der Waals surface area (Å²) in [5.74, 6) is -0.237. The van der Waals surface area contributed by atoms with Crippen molar-refractivity contribution in [2.45, 2.75) is 17.6 Å². The number of hydrogen-bond donors (Lipinski definition) is 2. The molecular formula is C19H18N2O3S2. The number of thiophene rings is 1. The van der Waals surface area contributed by atoms with Gasteiger partial charge >= 0.3 is 0 Å². The Morgan fingerprint density at radius 2 is 1.73 bits per heavy atom. The third kappa shape index (κ3) is 4.12. The minimum absolute atomic E-state index is 0.237. The molecule has 0 saturated heterocycles. The Morgan fingerprint density at radius 1 is 1.00 bits per heavy atom. The summed E-state index contributed by atoms with van der Waals surface area (Å²) >= 11 is 1.15. The first-order valence-corrected chi connectivity index (χ1v) is 10.4. The Hall–Kier alpha value is -2.64. The van der Waals surface area contributed by atoms with Crippen molar-refractivity contribution in [3.05, 3.63) is 77.2 Å². The van der Waals surface area contributed by atoms with Gasteiger partial charge in [0.15, 0.2) is 0 Å². The van der Waals surface area contributed by atoms with Crippen LogP contribution in [0.2, 0.25) is 0 Å². The van der Waals surface area contributed by atoms with E-state index in [4.69, 9.17) is 0 Å². The van der Waals surface area contributed by atoms with E-state index in [-0.39, 0.29) is 10.1 Å². The lowest BCUT2D eigenvalue weighted by molar-refractivity contribution is 0.102. The van der Waals surface area contributed by atoms with Crippen molar-refractivity contribution >= 4 is 38.6 Å². The molecule has 1 amide bonds. The molecule has 2 N–H and O–H groups in total. The van der Waals surface area contributed by atoms with Crippen molar-refractivity contribution in [3.63, 3.8) is 0 Å². The normalized spacial score (nSPS) is 11.1. The molecule has 3 rings (SSSR count). The number of aryl methyl sites for hydroxylation is 1. The molecule has 0 aliphatic carbocycles. The van der Waals surface area contributed by atoms with E-state index in [0.29, 0.717) is 11.3 Å². The average Bonchev–Trinajstić information content (AvgIpc) is 3.18. The summed E-state index contributed by atoms with van der Waals surface area (Å²) in [6.45, 7) is 2.03. The van der Waals surface area contributed by atoms with Gasteiger partial charge < -0.3 is 5.32 Å². The molecule has 26 heavy (non-hydrogen) atoms. The lowest BCUT2D eigenvalue weighted by Gasteiger charge is -2.10. The minimum atomic E-state index is -3.59. The van der Waals surface area contributed by atoms with Crippen LogP contribution in [-0.4, -0.2) is 14.3 Å². The molecular weight excluding hydrogens is 368 g/mol. The molecule has 0 radical (unpaired) electrons. The number of sulfonamides is 1. The smallest absolute Gasteiger partial charge is 0.271 e. The van der Waals surface area contributed by atoms with E-state index in [2.05, 4.69) is 10.0 Å². The number of para-hydroxylation sites is 1. The van der Waals surface area contributed by atoms with Gasteiger partial charge in [0.1, 0.15) is 4.21 Å². The van der Waals surface area contributed by atoms with Crippen LogP contribution in [0.5, 0.6) is 0 Å². The molecule has 3 aromatic rings. The largest absolute Gasteiger partial charge is 0.322 e. The van der Waals surface area contributed by atoms with Gasteiger partial charge in [-0.2, -0.15) is 0 Å². The van der Waals surface area contributed by atoms with Crippen LogP contribution >= 0.6 is 11.3 Å². The molecule has 2 aromatic carbocycles. The number of nitrogens with one attached hydrogen (secondary N) is 2. The van der Waals surface area contributed by atoms with Crippen LogP contribution in [0.25, 0.3) is 0 Å². The second-order valence-corrected chi connectivity index (χ2v) is 8.44. The van der Waals surface area contributed by atoms with Crippen LogP contribution in [-0.2, 0) is 16.4 Å². The molecule has 0 aliphatic heterocycles. The highest BCUT2D eigenvalue weighted by Crippen LogP contribution is 2.21. The Bertz CT molecular complexity index is 996. The first-order chi connectivity index (χ1) is 12.5. The number of rotatable bonds is 6. The van der Waals surface area contributed by atoms with Crippen LogP contribution in [0.15, 0.2) is 70.3 Å². The summed E-state index contributed by atoms with van der Waals surface area (Å²) in [5, 5.41) is 4.60. The van der Waals surface area contributed by atoms with Gasteiger partial charge in [-0.05, 0) is 53.8 Å². The summed E-state index contributed by atoms with van der Waals surface area (Å²) in [7, 11) is -3.59. The quantitative estimate of drug-likeness (QED) is 0.661. The van der Waals surface area contributed by atoms with Crippen molar-refractivity contribution in [1.29, 1.82) is 0 Å². The Labute approximate surface area is 156 Å². The molecule has 0 aliphatic rings. The molecule has 0 spiro atoms. The van der Waals surface area contributed by atoms with Crippen molar-refractivity contribution in [3.8, 4) is 0 Å². The lowest BCUT2D eigenvalue weighted by Crippen LogP contribution is -2.14. The van der Waals surface area contributed by atoms with Crippen molar-refractivity contribution in [2.75, 3.05) is 10.0 Å². The zero-order valence-electron chi connectivity index (χ0n) is 14.1. The first-order valence-electron chi connectivity index (χ1n) is 8.05. The fraction of sp³-hybridized carbons (Fsp3) is 0.105. The summed E-state index contributed by atoms with van der Waals surface area (Å²) in [6, 6.07) is 17.2. The van der Waals surface area contributed by atoms with Gasteiger partial charge in [0, 0.05) is 16.9 Å². The van der Waals surface area contributed by atoms with E-state index < -0.39 is 10.0 Å². The average molecular weight is 386 g/mol. The summed E-state index contributed by atoms with van der Waals surface area (Å²) in [5.41, 5.74) is 2.70. The fourth-order valence-corrected chi connectivity index (χ4v) is 4.51.